The molecule has 0 amide bonds. The van der Waals surface area contributed by atoms with Gasteiger partial charge in [-0.05, 0) is 43.7 Å². The summed E-state index contributed by atoms with van der Waals surface area (Å²) in [4.78, 5) is 9.01. The molecule has 1 aliphatic rings. The lowest BCUT2D eigenvalue weighted by Crippen LogP contribution is -2.46. The first-order valence-corrected chi connectivity index (χ1v) is 10.1. The fourth-order valence-corrected chi connectivity index (χ4v) is 3.52. The van der Waals surface area contributed by atoms with Crippen molar-refractivity contribution in [2.24, 2.45) is 10.4 Å². The van der Waals surface area contributed by atoms with Gasteiger partial charge < -0.3 is 19.9 Å². The Bertz CT molecular complexity index is 788. The highest BCUT2D eigenvalue weighted by Gasteiger charge is 2.36. The number of aliphatic imine (C=N–C) groups is 1. The third-order valence-electron chi connectivity index (χ3n) is 5.15. The molecule has 1 aromatic carbocycles. The van der Waals surface area contributed by atoms with E-state index in [2.05, 4.69) is 25.8 Å². The van der Waals surface area contributed by atoms with Crippen molar-refractivity contribution in [3.63, 3.8) is 0 Å². The van der Waals surface area contributed by atoms with Crippen molar-refractivity contribution in [2.45, 2.75) is 39.2 Å². The second-order valence-corrected chi connectivity index (χ2v) is 7.60. The van der Waals surface area contributed by atoms with E-state index in [-0.39, 0.29) is 0 Å². The van der Waals surface area contributed by atoms with E-state index in [4.69, 9.17) is 20.9 Å². The van der Waals surface area contributed by atoms with Crippen LogP contribution in [-0.2, 0) is 11.3 Å². The third-order valence-corrected chi connectivity index (χ3v) is 5.38. The van der Waals surface area contributed by atoms with Crippen LogP contribution in [0.2, 0.25) is 5.02 Å². The van der Waals surface area contributed by atoms with Crippen LogP contribution in [0, 0.1) is 5.41 Å². The molecule has 0 aliphatic heterocycles. The van der Waals surface area contributed by atoms with E-state index in [0.29, 0.717) is 28.7 Å². The van der Waals surface area contributed by atoms with Crippen LogP contribution in [0.1, 0.15) is 38.5 Å². The summed E-state index contributed by atoms with van der Waals surface area (Å²) < 4.78 is 10.6. The molecule has 2 N–H and O–H groups in total. The number of rotatable bonds is 9. The van der Waals surface area contributed by atoms with Gasteiger partial charge >= 0.3 is 0 Å². The summed E-state index contributed by atoms with van der Waals surface area (Å²) in [7, 11) is 1.76. The first-order valence-electron chi connectivity index (χ1n) is 9.74. The summed E-state index contributed by atoms with van der Waals surface area (Å²) in [5.74, 6) is 1.73. The lowest BCUT2D eigenvalue weighted by molar-refractivity contribution is 0.0732. The molecule has 0 bridgehead atoms. The molecule has 0 unspecified atom stereocenters. The zero-order valence-electron chi connectivity index (χ0n) is 16.5. The van der Waals surface area contributed by atoms with Crippen LogP contribution >= 0.6 is 11.6 Å². The van der Waals surface area contributed by atoms with Crippen LogP contribution in [0.3, 0.4) is 0 Å². The van der Waals surface area contributed by atoms with Gasteiger partial charge in [0.05, 0.1) is 0 Å². The number of nitrogens with one attached hydrogen (secondary N) is 2. The van der Waals surface area contributed by atoms with Crippen LogP contribution < -0.4 is 10.6 Å². The van der Waals surface area contributed by atoms with Crippen LogP contribution in [-0.4, -0.2) is 42.9 Å². The molecule has 3 rings (SSSR count). The number of aromatic nitrogens is 2. The Kier molecular flexibility index (Phi) is 7.28. The number of halogens is 1. The van der Waals surface area contributed by atoms with Crippen LogP contribution in [0.4, 0.5) is 0 Å². The van der Waals surface area contributed by atoms with Gasteiger partial charge in [-0.3, -0.25) is 0 Å². The topological polar surface area (TPSA) is 84.6 Å². The van der Waals surface area contributed by atoms with Gasteiger partial charge in [0.1, 0.15) is 6.54 Å². The Morgan fingerprint density at radius 1 is 1.36 bits per heavy atom. The number of hydrogen-bond donors (Lipinski definition) is 2. The maximum absolute atomic E-state index is 6.03. The van der Waals surface area contributed by atoms with Crippen molar-refractivity contribution in [2.75, 3.05) is 26.8 Å². The van der Waals surface area contributed by atoms with Crippen molar-refractivity contribution in [1.29, 1.82) is 0 Å². The second kappa shape index (κ2) is 9.89. The maximum Gasteiger partial charge on any atom is 0.248 e. The molecule has 0 saturated heterocycles. The predicted molar refractivity (Wildman–Crippen MR) is 110 cm³/mol. The summed E-state index contributed by atoms with van der Waals surface area (Å²) >= 11 is 6.03. The minimum absolute atomic E-state index is 0.313. The number of hydrogen-bond acceptors (Lipinski definition) is 5. The average molecular weight is 406 g/mol. The zero-order chi connectivity index (χ0) is 19.8. The maximum atomic E-state index is 6.03. The molecular formula is C20H28ClN5O2. The molecule has 1 fully saturated rings. The molecule has 1 aromatic heterocycles. The first-order chi connectivity index (χ1) is 13.6. The monoisotopic (exact) mass is 405 g/mol. The summed E-state index contributed by atoms with van der Waals surface area (Å²) in [6.45, 7) is 4.83. The van der Waals surface area contributed by atoms with E-state index in [1.165, 1.54) is 19.3 Å². The average Bonchev–Trinajstić information content (AvgIpc) is 3.14. The van der Waals surface area contributed by atoms with Gasteiger partial charge in [-0.2, -0.15) is 4.98 Å². The molecule has 1 aliphatic carbocycles. The third kappa shape index (κ3) is 5.45. The van der Waals surface area contributed by atoms with Gasteiger partial charge in [-0.1, -0.05) is 35.3 Å². The number of benzene rings is 1. The number of guanidine groups is 1. The van der Waals surface area contributed by atoms with Crippen LogP contribution in [0.15, 0.2) is 33.8 Å². The highest BCUT2D eigenvalue weighted by atomic mass is 35.5. The lowest BCUT2D eigenvalue weighted by Gasteiger charge is -2.42. The number of nitrogens with zero attached hydrogens (tertiary/aromatic N) is 3. The van der Waals surface area contributed by atoms with Crippen molar-refractivity contribution in [1.82, 2.24) is 20.8 Å². The van der Waals surface area contributed by atoms with Gasteiger partial charge in [0.2, 0.25) is 11.7 Å². The molecule has 28 heavy (non-hydrogen) atoms. The van der Waals surface area contributed by atoms with Crippen LogP contribution in [0.5, 0.6) is 0 Å². The molecule has 1 heterocycles. The van der Waals surface area contributed by atoms with E-state index >= 15 is 0 Å². The summed E-state index contributed by atoms with van der Waals surface area (Å²) in [6, 6.07) is 7.38. The van der Waals surface area contributed by atoms with E-state index in [9.17, 15) is 0 Å². The van der Waals surface area contributed by atoms with Gasteiger partial charge in [0.25, 0.3) is 0 Å². The molecule has 0 atom stereocenters. The minimum atomic E-state index is 0.313. The largest absolute Gasteiger partial charge is 0.385 e. The Morgan fingerprint density at radius 2 is 2.21 bits per heavy atom. The van der Waals surface area contributed by atoms with E-state index < -0.39 is 0 Å². The highest BCUT2D eigenvalue weighted by molar-refractivity contribution is 6.30. The molecule has 2 aromatic rings. The fourth-order valence-electron chi connectivity index (χ4n) is 3.33. The fraction of sp³-hybridized carbons (Fsp3) is 0.550. The smallest absolute Gasteiger partial charge is 0.248 e. The summed E-state index contributed by atoms with van der Waals surface area (Å²) in [6.07, 6.45) is 4.82. The molecular weight excluding hydrogens is 378 g/mol. The molecule has 0 spiro atoms. The zero-order valence-corrected chi connectivity index (χ0v) is 17.3. The van der Waals surface area contributed by atoms with E-state index in [0.717, 1.165) is 37.6 Å². The van der Waals surface area contributed by atoms with E-state index in [1.807, 2.05) is 31.2 Å². The molecule has 8 heteroatoms. The minimum Gasteiger partial charge on any atom is -0.385 e. The lowest BCUT2D eigenvalue weighted by atomic mass is 9.67. The van der Waals surface area contributed by atoms with Crippen molar-refractivity contribution in [3.05, 3.63) is 35.2 Å². The van der Waals surface area contributed by atoms with Crippen molar-refractivity contribution < 1.29 is 9.26 Å². The Hall–Kier alpha value is -2.12. The molecule has 152 valence electrons. The van der Waals surface area contributed by atoms with Gasteiger partial charge in [0, 0.05) is 37.4 Å². The normalized spacial score (nSPS) is 15.9. The van der Waals surface area contributed by atoms with Crippen molar-refractivity contribution >= 4 is 17.6 Å². The predicted octanol–water partition coefficient (Wildman–Crippen LogP) is 3.65. The first kappa shape index (κ1) is 20.6. The number of methoxy groups -OCH3 is 1. The molecule has 7 nitrogen and oxygen atoms in total. The Morgan fingerprint density at radius 3 is 2.89 bits per heavy atom. The number of ether oxygens (including phenoxy) is 1. The van der Waals surface area contributed by atoms with Crippen LogP contribution in [0.25, 0.3) is 11.4 Å². The van der Waals surface area contributed by atoms with Gasteiger partial charge in [-0.15, -0.1) is 0 Å². The molecule has 0 radical (unpaired) electrons. The summed E-state index contributed by atoms with van der Waals surface area (Å²) in [5.41, 5.74) is 1.14. The van der Waals surface area contributed by atoms with Gasteiger partial charge in [-0.25, -0.2) is 4.99 Å². The Labute approximate surface area is 170 Å². The standard InChI is InChI=1S/C20H28ClN5O2/c1-3-22-19(24-14-20(8-5-9-20)10-11-27-2)23-13-17-25-18(26-28-17)15-6-4-7-16(21)12-15/h4,6-7,12H,3,5,8-11,13-14H2,1-2H3,(H2,22,23,24). The van der Waals surface area contributed by atoms with Crippen molar-refractivity contribution in [3.8, 4) is 11.4 Å². The second-order valence-electron chi connectivity index (χ2n) is 7.17. The highest BCUT2D eigenvalue weighted by Crippen LogP contribution is 2.43. The summed E-state index contributed by atoms with van der Waals surface area (Å²) in [5, 5.41) is 11.4. The molecule has 1 saturated carbocycles. The quantitative estimate of drug-likeness (QED) is 0.489. The van der Waals surface area contributed by atoms with Gasteiger partial charge in [0.15, 0.2) is 5.96 Å². The van der Waals surface area contributed by atoms with E-state index in [1.54, 1.807) is 7.11 Å². The Balaban J connectivity index is 1.60. The SMILES string of the molecule is CCNC(=NCc1nc(-c2cccc(Cl)c2)no1)NCC1(CCOC)CCC1.